The Balaban J connectivity index is 1.79. The second-order valence-electron chi connectivity index (χ2n) is 5.82. The summed E-state index contributed by atoms with van der Waals surface area (Å²) in [7, 11) is 0. The number of rotatable bonds is 1. The number of Topliss-reactive ketones (excluding diaryl/α,β-unsaturated/α-hetero) is 1. The zero-order valence-corrected chi connectivity index (χ0v) is 11.6. The maximum Gasteiger partial charge on any atom is 0.156 e. The van der Waals surface area contributed by atoms with Gasteiger partial charge in [-0.25, -0.2) is 0 Å². The van der Waals surface area contributed by atoms with E-state index in [1.807, 2.05) is 0 Å². The van der Waals surface area contributed by atoms with Gasteiger partial charge in [-0.2, -0.15) is 0 Å². The molecule has 102 valence electrons. The van der Waals surface area contributed by atoms with Crippen LogP contribution in [-0.2, 0) is 11.2 Å². The molecule has 3 heteroatoms. The molecule has 1 atom stereocenters. The smallest absolute Gasteiger partial charge is 0.156 e. The number of H-pyrrole nitrogens is 1. The van der Waals surface area contributed by atoms with Gasteiger partial charge in [0.1, 0.15) is 0 Å². The summed E-state index contributed by atoms with van der Waals surface area (Å²) in [5, 5.41) is 1.36. The summed E-state index contributed by atoms with van der Waals surface area (Å²) in [5.74, 6) is 0.214. The second kappa shape index (κ2) is 4.32. The topological polar surface area (TPSA) is 36.1 Å². The average molecular weight is 266 g/mol. The third-order valence-corrected chi connectivity index (χ3v) is 4.68. The van der Waals surface area contributed by atoms with E-state index in [1.54, 1.807) is 6.92 Å². The molecule has 0 fully saturated rings. The van der Waals surface area contributed by atoms with Crippen molar-refractivity contribution in [1.29, 1.82) is 0 Å². The molecule has 0 saturated carbocycles. The van der Waals surface area contributed by atoms with Gasteiger partial charge in [0, 0.05) is 35.3 Å². The van der Waals surface area contributed by atoms with Crippen molar-refractivity contribution in [2.45, 2.75) is 25.8 Å². The van der Waals surface area contributed by atoms with Crippen LogP contribution in [0.2, 0.25) is 0 Å². The normalized spacial score (nSPS) is 22.2. The number of nitrogens with one attached hydrogen (secondary N) is 1. The van der Waals surface area contributed by atoms with Gasteiger partial charge in [-0.1, -0.05) is 24.3 Å². The molecule has 3 heterocycles. The first-order chi connectivity index (χ1) is 9.74. The summed E-state index contributed by atoms with van der Waals surface area (Å²) >= 11 is 0. The SMILES string of the molecule is CC(=O)C1=CC[C@H]2c3[nH]c4ccccc4c3CCN2C1. The number of aromatic nitrogens is 1. The number of ketones is 1. The monoisotopic (exact) mass is 266 g/mol. The first kappa shape index (κ1) is 11.9. The van der Waals surface area contributed by atoms with E-state index >= 15 is 0 Å². The van der Waals surface area contributed by atoms with Gasteiger partial charge in [-0.15, -0.1) is 0 Å². The Labute approximate surface area is 118 Å². The summed E-state index contributed by atoms with van der Waals surface area (Å²) in [5.41, 5.74) is 5.04. The van der Waals surface area contributed by atoms with Crippen LogP contribution >= 0.6 is 0 Å². The Morgan fingerprint density at radius 3 is 3.05 bits per heavy atom. The number of hydrogen-bond donors (Lipinski definition) is 1. The molecule has 1 aromatic heterocycles. The molecule has 1 aromatic carbocycles. The van der Waals surface area contributed by atoms with Crippen LogP contribution in [0.15, 0.2) is 35.9 Å². The molecule has 0 saturated heterocycles. The van der Waals surface area contributed by atoms with Gasteiger partial charge in [0.2, 0.25) is 0 Å². The standard InChI is InChI=1S/C17H18N2O/c1-11(20)12-6-7-16-17-14(8-9-19(16)10-12)13-4-2-3-5-15(13)18-17/h2-6,16,18H,7-10H2,1H3/t16-/m0/s1. The van der Waals surface area contributed by atoms with Gasteiger partial charge in [-0.05, 0) is 31.4 Å². The minimum absolute atomic E-state index is 0.214. The lowest BCUT2D eigenvalue weighted by atomic mass is 9.91. The zero-order valence-electron chi connectivity index (χ0n) is 11.6. The molecule has 0 radical (unpaired) electrons. The summed E-state index contributed by atoms with van der Waals surface area (Å²) in [6, 6.07) is 8.96. The van der Waals surface area contributed by atoms with Crippen LogP contribution < -0.4 is 0 Å². The van der Waals surface area contributed by atoms with Gasteiger partial charge in [-0.3, -0.25) is 9.69 Å². The Morgan fingerprint density at radius 1 is 1.35 bits per heavy atom. The van der Waals surface area contributed by atoms with Gasteiger partial charge >= 0.3 is 0 Å². The number of aromatic amines is 1. The van der Waals surface area contributed by atoms with Crippen molar-refractivity contribution in [2.75, 3.05) is 13.1 Å². The minimum Gasteiger partial charge on any atom is -0.357 e. The Bertz CT molecular complexity index is 726. The summed E-state index contributed by atoms with van der Waals surface area (Å²) in [4.78, 5) is 17.6. The highest BCUT2D eigenvalue weighted by atomic mass is 16.1. The molecule has 0 bridgehead atoms. The third-order valence-electron chi connectivity index (χ3n) is 4.68. The lowest BCUT2D eigenvalue weighted by molar-refractivity contribution is -0.114. The highest BCUT2D eigenvalue weighted by Crippen LogP contribution is 2.38. The number of hydrogen-bond acceptors (Lipinski definition) is 2. The van der Waals surface area contributed by atoms with Gasteiger partial charge in [0.15, 0.2) is 5.78 Å². The molecule has 2 aromatic rings. The van der Waals surface area contributed by atoms with E-state index in [-0.39, 0.29) is 5.78 Å². The first-order valence-corrected chi connectivity index (χ1v) is 7.27. The van der Waals surface area contributed by atoms with Crippen LogP contribution in [0.1, 0.15) is 30.6 Å². The molecule has 2 aliphatic heterocycles. The van der Waals surface area contributed by atoms with Crippen LogP contribution in [0.4, 0.5) is 0 Å². The van der Waals surface area contributed by atoms with E-state index in [2.05, 4.69) is 40.2 Å². The maximum atomic E-state index is 11.6. The molecular formula is C17H18N2O. The molecule has 0 unspecified atom stereocenters. The summed E-state index contributed by atoms with van der Waals surface area (Å²) < 4.78 is 0. The van der Waals surface area contributed by atoms with Crippen LogP contribution in [-0.4, -0.2) is 28.8 Å². The predicted molar refractivity (Wildman–Crippen MR) is 79.7 cm³/mol. The molecule has 1 N–H and O–H groups in total. The van der Waals surface area contributed by atoms with Crippen molar-refractivity contribution in [3.8, 4) is 0 Å². The quantitative estimate of drug-likeness (QED) is 0.861. The number of para-hydroxylation sites is 1. The van der Waals surface area contributed by atoms with E-state index in [9.17, 15) is 4.79 Å². The Hall–Kier alpha value is -1.87. The number of carbonyl (C=O) groups is 1. The largest absolute Gasteiger partial charge is 0.357 e. The third kappa shape index (κ3) is 1.66. The van der Waals surface area contributed by atoms with E-state index in [0.29, 0.717) is 6.04 Å². The van der Waals surface area contributed by atoms with Gasteiger partial charge in [0.05, 0.1) is 6.04 Å². The lowest BCUT2D eigenvalue weighted by Gasteiger charge is -2.38. The van der Waals surface area contributed by atoms with Gasteiger partial charge < -0.3 is 4.98 Å². The predicted octanol–water partition coefficient (Wildman–Crippen LogP) is 2.99. The van der Waals surface area contributed by atoms with Gasteiger partial charge in [0.25, 0.3) is 0 Å². The molecular weight excluding hydrogens is 248 g/mol. The van der Waals surface area contributed by atoms with E-state index in [0.717, 1.165) is 31.5 Å². The van der Waals surface area contributed by atoms with E-state index < -0.39 is 0 Å². The fourth-order valence-electron chi connectivity index (χ4n) is 3.62. The Kier molecular flexibility index (Phi) is 2.57. The molecule has 20 heavy (non-hydrogen) atoms. The molecule has 2 aliphatic rings. The van der Waals surface area contributed by atoms with Crippen LogP contribution in [0.3, 0.4) is 0 Å². The lowest BCUT2D eigenvalue weighted by Crippen LogP contribution is -2.39. The van der Waals surface area contributed by atoms with Crippen molar-refractivity contribution < 1.29 is 4.79 Å². The van der Waals surface area contributed by atoms with Crippen molar-refractivity contribution in [3.63, 3.8) is 0 Å². The molecule has 0 spiro atoms. The number of nitrogens with zero attached hydrogens (tertiary/aromatic N) is 1. The number of benzene rings is 1. The highest BCUT2D eigenvalue weighted by molar-refractivity contribution is 5.94. The summed E-state index contributed by atoms with van der Waals surface area (Å²) in [6.07, 6.45) is 4.14. The molecule has 4 rings (SSSR count). The van der Waals surface area contributed by atoms with E-state index in [1.165, 1.54) is 22.2 Å². The van der Waals surface area contributed by atoms with Crippen LogP contribution in [0.25, 0.3) is 10.9 Å². The number of carbonyl (C=O) groups excluding carboxylic acids is 1. The fraction of sp³-hybridized carbons (Fsp3) is 0.353. The van der Waals surface area contributed by atoms with E-state index in [4.69, 9.17) is 0 Å². The van der Waals surface area contributed by atoms with Crippen LogP contribution in [0, 0.1) is 0 Å². The van der Waals surface area contributed by atoms with Crippen molar-refractivity contribution in [3.05, 3.63) is 47.2 Å². The average Bonchev–Trinajstić information content (AvgIpc) is 2.85. The van der Waals surface area contributed by atoms with Crippen molar-refractivity contribution >= 4 is 16.7 Å². The first-order valence-electron chi connectivity index (χ1n) is 7.27. The number of fused-ring (bicyclic) bond motifs is 5. The zero-order chi connectivity index (χ0) is 13.7. The second-order valence-corrected chi connectivity index (χ2v) is 5.82. The van der Waals surface area contributed by atoms with Crippen molar-refractivity contribution in [1.82, 2.24) is 9.88 Å². The maximum absolute atomic E-state index is 11.6. The highest BCUT2D eigenvalue weighted by Gasteiger charge is 2.32. The molecule has 3 nitrogen and oxygen atoms in total. The molecule has 0 amide bonds. The summed E-state index contributed by atoms with van der Waals surface area (Å²) in [6.45, 7) is 3.52. The van der Waals surface area contributed by atoms with Crippen molar-refractivity contribution in [2.24, 2.45) is 0 Å². The fourth-order valence-corrected chi connectivity index (χ4v) is 3.62. The Morgan fingerprint density at radius 2 is 2.20 bits per heavy atom. The van der Waals surface area contributed by atoms with Crippen LogP contribution in [0.5, 0.6) is 0 Å². The minimum atomic E-state index is 0.214. The molecule has 0 aliphatic carbocycles.